The van der Waals surface area contributed by atoms with E-state index >= 15 is 0 Å². The van der Waals surface area contributed by atoms with E-state index in [1.54, 1.807) is 0 Å². The zero-order valence-electron chi connectivity index (χ0n) is 16.1. The number of carbonyl (C=O) groups excluding carboxylic acids is 1. The number of benzene rings is 1. The number of hydrogen-bond acceptors (Lipinski definition) is 5. The molecule has 1 aliphatic heterocycles. The van der Waals surface area contributed by atoms with Crippen LogP contribution in [-0.2, 0) is 4.74 Å². The first kappa shape index (κ1) is 19.4. The molecule has 0 radical (unpaired) electrons. The van der Waals surface area contributed by atoms with Gasteiger partial charge in [-0.1, -0.05) is 6.07 Å². The second-order valence-electron chi connectivity index (χ2n) is 8.02. The average molecular weight is 350 g/mol. The second-order valence-corrected chi connectivity index (χ2v) is 8.02. The molecule has 0 spiro atoms. The third-order valence-electron chi connectivity index (χ3n) is 3.76. The number of hydrogen-bond donors (Lipinski definition) is 2. The topological polar surface area (TPSA) is 68.8 Å². The van der Waals surface area contributed by atoms with Crippen LogP contribution < -0.4 is 20.1 Å². The van der Waals surface area contributed by atoms with Crippen molar-refractivity contribution in [3.05, 3.63) is 23.8 Å². The zero-order valence-corrected chi connectivity index (χ0v) is 16.1. The summed E-state index contributed by atoms with van der Waals surface area (Å²) >= 11 is 0. The summed E-state index contributed by atoms with van der Waals surface area (Å²) in [5.74, 6) is 1.57. The smallest absolute Gasteiger partial charge is 0.408 e. The summed E-state index contributed by atoms with van der Waals surface area (Å²) in [6.07, 6.45) is -0.411. The van der Waals surface area contributed by atoms with Crippen LogP contribution in [0.4, 0.5) is 4.79 Å². The standard InChI is InChI=1S/C19H30N2O4/c1-13(14-7-8-15-16(11-14)24-10-9-23-15)20-12-19(5,6)21-17(22)25-18(2,3)4/h7-8,11,13,20H,9-10,12H2,1-6H3,(H,21,22). The maximum absolute atomic E-state index is 12.0. The highest BCUT2D eigenvalue weighted by Gasteiger charge is 2.25. The minimum absolute atomic E-state index is 0.107. The number of ether oxygens (including phenoxy) is 3. The molecule has 1 atom stereocenters. The van der Waals surface area contributed by atoms with Gasteiger partial charge in [-0.05, 0) is 59.2 Å². The molecular weight excluding hydrogens is 320 g/mol. The minimum Gasteiger partial charge on any atom is -0.486 e. The monoisotopic (exact) mass is 350 g/mol. The van der Waals surface area contributed by atoms with Crippen LogP contribution in [0.15, 0.2) is 18.2 Å². The van der Waals surface area contributed by atoms with Crippen molar-refractivity contribution in [2.75, 3.05) is 19.8 Å². The van der Waals surface area contributed by atoms with Gasteiger partial charge in [0.15, 0.2) is 11.5 Å². The van der Waals surface area contributed by atoms with Crippen LogP contribution in [0.25, 0.3) is 0 Å². The molecule has 25 heavy (non-hydrogen) atoms. The van der Waals surface area contributed by atoms with Crippen molar-refractivity contribution in [3.63, 3.8) is 0 Å². The Morgan fingerprint density at radius 1 is 1.16 bits per heavy atom. The van der Waals surface area contributed by atoms with E-state index in [4.69, 9.17) is 14.2 Å². The van der Waals surface area contributed by atoms with Crippen LogP contribution in [-0.4, -0.2) is 37.0 Å². The predicted octanol–water partition coefficient (Wildman–Crippen LogP) is 3.41. The first-order chi connectivity index (χ1) is 11.6. The largest absolute Gasteiger partial charge is 0.486 e. The normalized spacial score (nSPS) is 15.4. The van der Waals surface area contributed by atoms with Crippen molar-refractivity contribution in [1.82, 2.24) is 10.6 Å². The lowest BCUT2D eigenvalue weighted by molar-refractivity contribution is 0.0471. The van der Waals surface area contributed by atoms with Crippen LogP contribution in [0.1, 0.15) is 53.1 Å². The van der Waals surface area contributed by atoms with Gasteiger partial charge in [0, 0.05) is 12.6 Å². The molecule has 0 saturated heterocycles. The van der Waals surface area contributed by atoms with E-state index in [0.717, 1.165) is 17.1 Å². The van der Waals surface area contributed by atoms with E-state index in [1.807, 2.05) is 52.8 Å². The summed E-state index contributed by atoms with van der Waals surface area (Å²) in [5, 5.41) is 6.35. The van der Waals surface area contributed by atoms with E-state index < -0.39 is 17.2 Å². The Bertz CT molecular complexity index is 608. The summed E-state index contributed by atoms with van der Waals surface area (Å²) in [4.78, 5) is 12.0. The molecule has 1 heterocycles. The van der Waals surface area contributed by atoms with Crippen LogP contribution in [0.5, 0.6) is 11.5 Å². The van der Waals surface area contributed by atoms with Gasteiger partial charge in [0.1, 0.15) is 18.8 Å². The maximum Gasteiger partial charge on any atom is 0.408 e. The second kappa shape index (κ2) is 7.52. The van der Waals surface area contributed by atoms with Gasteiger partial charge in [-0.2, -0.15) is 0 Å². The van der Waals surface area contributed by atoms with Gasteiger partial charge >= 0.3 is 6.09 Å². The van der Waals surface area contributed by atoms with Gasteiger partial charge < -0.3 is 24.8 Å². The van der Waals surface area contributed by atoms with Crippen molar-refractivity contribution in [1.29, 1.82) is 0 Å². The average Bonchev–Trinajstić information content (AvgIpc) is 2.49. The summed E-state index contributed by atoms with van der Waals surface area (Å²) in [7, 11) is 0. The van der Waals surface area contributed by atoms with Crippen LogP contribution in [0.3, 0.4) is 0 Å². The third kappa shape index (κ3) is 6.12. The van der Waals surface area contributed by atoms with Gasteiger partial charge in [0.25, 0.3) is 0 Å². The molecule has 0 aliphatic carbocycles. The molecule has 0 fully saturated rings. The van der Waals surface area contributed by atoms with Crippen molar-refractivity contribution in [2.45, 2.75) is 58.7 Å². The third-order valence-corrected chi connectivity index (χ3v) is 3.76. The fourth-order valence-corrected chi connectivity index (χ4v) is 2.48. The van der Waals surface area contributed by atoms with Crippen molar-refractivity contribution < 1.29 is 19.0 Å². The molecular formula is C19H30N2O4. The fraction of sp³-hybridized carbons (Fsp3) is 0.632. The number of amides is 1. The van der Waals surface area contributed by atoms with Gasteiger partial charge in [-0.25, -0.2) is 4.79 Å². The molecule has 2 rings (SSSR count). The number of alkyl carbamates (subject to hydrolysis) is 1. The molecule has 1 aliphatic rings. The van der Waals surface area contributed by atoms with E-state index in [0.29, 0.717) is 19.8 Å². The van der Waals surface area contributed by atoms with Gasteiger partial charge in [0.2, 0.25) is 0 Å². The predicted molar refractivity (Wildman–Crippen MR) is 97.3 cm³/mol. The first-order valence-electron chi connectivity index (χ1n) is 8.70. The summed E-state index contributed by atoms with van der Waals surface area (Å²) in [6.45, 7) is 13.3. The lowest BCUT2D eigenvalue weighted by Gasteiger charge is -2.30. The highest BCUT2D eigenvalue weighted by atomic mass is 16.6. The van der Waals surface area contributed by atoms with Crippen LogP contribution in [0.2, 0.25) is 0 Å². The zero-order chi connectivity index (χ0) is 18.7. The Morgan fingerprint density at radius 2 is 1.80 bits per heavy atom. The SMILES string of the molecule is CC(NCC(C)(C)NC(=O)OC(C)(C)C)c1ccc2c(c1)OCCO2. The maximum atomic E-state index is 12.0. The molecule has 140 valence electrons. The van der Waals surface area contributed by atoms with E-state index in [9.17, 15) is 4.79 Å². The van der Waals surface area contributed by atoms with E-state index in [1.165, 1.54) is 0 Å². The molecule has 0 bridgehead atoms. The van der Waals surface area contributed by atoms with Crippen molar-refractivity contribution in [2.24, 2.45) is 0 Å². The summed E-state index contributed by atoms with van der Waals surface area (Å²) in [5.41, 5.74) is 0.161. The number of nitrogens with one attached hydrogen (secondary N) is 2. The molecule has 6 heteroatoms. The number of rotatable bonds is 5. The van der Waals surface area contributed by atoms with Crippen molar-refractivity contribution in [3.8, 4) is 11.5 Å². The summed E-state index contributed by atoms with van der Waals surface area (Å²) in [6, 6.07) is 6.07. The Balaban J connectivity index is 1.90. The summed E-state index contributed by atoms with van der Waals surface area (Å²) < 4.78 is 16.5. The lowest BCUT2D eigenvalue weighted by Crippen LogP contribution is -2.51. The van der Waals surface area contributed by atoms with Crippen LogP contribution >= 0.6 is 0 Å². The Morgan fingerprint density at radius 3 is 2.44 bits per heavy atom. The molecule has 0 aromatic heterocycles. The first-order valence-corrected chi connectivity index (χ1v) is 8.70. The number of fused-ring (bicyclic) bond motifs is 1. The molecule has 6 nitrogen and oxygen atoms in total. The van der Waals surface area contributed by atoms with Gasteiger partial charge in [-0.3, -0.25) is 0 Å². The highest BCUT2D eigenvalue weighted by Crippen LogP contribution is 2.32. The molecule has 2 N–H and O–H groups in total. The molecule has 1 unspecified atom stereocenters. The number of carbonyl (C=O) groups is 1. The minimum atomic E-state index is -0.508. The molecule has 1 aromatic rings. The van der Waals surface area contributed by atoms with Gasteiger partial charge in [0.05, 0.1) is 5.54 Å². The van der Waals surface area contributed by atoms with E-state index in [2.05, 4.69) is 17.6 Å². The molecule has 0 saturated carbocycles. The van der Waals surface area contributed by atoms with Crippen LogP contribution in [0, 0.1) is 0 Å². The van der Waals surface area contributed by atoms with Gasteiger partial charge in [-0.15, -0.1) is 0 Å². The molecule has 1 aromatic carbocycles. The molecule has 1 amide bonds. The Kier molecular flexibility index (Phi) is 5.83. The quantitative estimate of drug-likeness (QED) is 0.852. The fourth-order valence-electron chi connectivity index (χ4n) is 2.48. The van der Waals surface area contributed by atoms with Crippen molar-refractivity contribution >= 4 is 6.09 Å². The lowest BCUT2D eigenvalue weighted by atomic mass is 10.0. The Labute approximate surface area is 150 Å². The van der Waals surface area contributed by atoms with E-state index in [-0.39, 0.29) is 6.04 Å². The highest BCUT2D eigenvalue weighted by molar-refractivity contribution is 5.68. The Hall–Kier alpha value is -1.95.